The summed E-state index contributed by atoms with van der Waals surface area (Å²) in [5, 5.41) is 5.48. The number of halogens is 6. The van der Waals surface area contributed by atoms with Crippen LogP contribution in [0.15, 0.2) is 24.3 Å². The van der Waals surface area contributed by atoms with E-state index in [1.807, 2.05) is 0 Å². The van der Waals surface area contributed by atoms with E-state index in [-0.39, 0.29) is 58.9 Å². The Morgan fingerprint density at radius 1 is 1.15 bits per heavy atom. The van der Waals surface area contributed by atoms with Crippen LogP contribution in [-0.4, -0.2) is 28.1 Å². The van der Waals surface area contributed by atoms with Crippen molar-refractivity contribution >= 4 is 40.2 Å². The van der Waals surface area contributed by atoms with E-state index in [9.17, 15) is 26.7 Å². The van der Waals surface area contributed by atoms with Crippen LogP contribution in [0.2, 0.25) is 5.02 Å². The number of H-pyrrole nitrogens is 1. The number of carbonyl (C=O) groups excluding carboxylic acids is 1. The standard InChI is InChI=1S/C22H20ClF5N4O/c1-10-2-7-14(23)19(18(10)25)32-21-30-16-8-13(15(24)9-17(16)31-21)20(33)29-12-5-3-11(4-6-12)22(26,27)28/h2,7-9,11-12H,3-6H2,1H3,(H,29,33)(H2,30,31,32). The van der Waals surface area contributed by atoms with Gasteiger partial charge in [0.25, 0.3) is 5.91 Å². The van der Waals surface area contributed by atoms with Gasteiger partial charge >= 0.3 is 6.18 Å². The predicted molar refractivity (Wildman–Crippen MR) is 115 cm³/mol. The number of benzene rings is 2. The number of rotatable bonds is 4. The minimum Gasteiger partial charge on any atom is -0.349 e. The number of alkyl halides is 3. The first-order valence-corrected chi connectivity index (χ1v) is 10.7. The van der Waals surface area contributed by atoms with E-state index in [1.54, 1.807) is 6.92 Å². The average molecular weight is 487 g/mol. The van der Waals surface area contributed by atoms with Crippen LogP contribution < -0.4 is 10.6 Å². The molecule has 0 saturated heterocycles. The molecular weight excluding hydrogens is 467 g/mol. The van der Waals surface area contributed by atoms with Gasteiger partial charge in [-0.2, -0.15) is 13.2 Å². The lowest BCUT2D eigenvalue weighted by molar-refractivity contribution is -0.182. The molecule has 3 aromatic rings. The van der Waals surface area contributed by atoms with Gasteiger partial charge in [-0.05, 0) is 50.3 Å². The van der Waals surface area contributed by atoms with Crippen molar-refractivity contribution < 1.29 is 26.7 Å². The molecule has 0 atom stereocenters. The van der Waals surface area contributed by atoms with Gasteiger partial charge in [-0.1, -0.05) is 17.7 Å². The van der Waals surface area contributed by atoms with Crippen molar-refractivity contribution in [3.05, 3.63) is 52.0 Å². The molecule has 0 unspecified atom stereocenters. The third-order valence-corrected chi connectivity index (χ3v) is 6.18. The number of hydrogen-bond donors (Lipinski definition) is 3. The van der Waals surface area contributed by atoms with E-state index in [0.717, 1.165) is 6.07 Å². The molecule has 0 aliphatic heterocycles. The molecular formula is C22H20ClF5N4O. The monoisotopic (exact) mass is 486 g/mol. The van der Waals surface area contributed by atoms with Gasteiger partial charge in [0.15, 0.2) is 5.82 Å². The lowest BCUT2D eigenvalue weighted by Gasteiger charge is -2.30. The Bertz CT molecular complexity index is 1200. The van der Waals surface area contributed by atoms with Crippen molar-refractivity contribution in [3.63, 3.8) is 0 Å². The number of carbonyl (C=O) groups is 1. The zero-order valence-corrected chi connectivity index (χ0v) is 18.2. The van der Waals surface area contributed by atoms with Gasteiger partial charge in [0.1, 0.15) is 5.82 Å². The second-order valence-corrected chi connectivity index (χ2v) is 8.58. The summed E-state index contributed by atoms with van der Waals surface area (Å²) in [7, 11) is 0. The highest BCUT2D eigenvalue weighted by Crippen LogP contribution is 2.37. The Labute approximate surface area is 190 Å². The smallest absolute Gasteiger partial charge is 0.349 e. The molecule has 4 rings (SSSR count). The first-order valence-electron chi connectivity index (χ1n) is 10.3. The van der Waals surface area contributed by atoms with Crippen molar-refractivity contribution in [1.29, 1.82) is 0 Å². The van der Waals surface area contributed by atoms with E-state index in [2.05, 4.69) is 20.6 Å². The van der Waals surface area contributed by atoms with Gasteiger partial charge in [0, 0.05) is 12.1 Å². The number of anilines is 2. The quantitative estimate of drug-likeness (QED) is 0.374. The Hall–Kier alpha value is -2.88. The van der Waals surface area contributed by atoms with Crippen LogP contribution in [0.1, 0.15) is 41.6 Å². The van der Waals surface area contributed by atoms with E-state index in [1.165, 1.54) is 18.2 Å². The molecule has 1 heterocycles. The molecule has 1 aliphatic carbocycles. The third-order valence-electron chi connectivity index (χ3n) is 5.87. The number of hydrogen-bond acceptors (Lipinski definition) is 3. The third kappa shape index (κ3) is 4.90. The summed E-state index contributed by atoms with van der Waals surface area (Å²) in [6.45, 7) is 1.57. The number of imidazole rings is 1. The minimum atomic E-state index is -4.25. The van der Waals surface area contributed by atoms with E-state index >= 15 is 0 Å². The Kier molecular flexibility index (Phi) is 6.22. The Morgan fingerprint density at radius 3 is 2.52 bits per heavy atom. The highest BCUT2D eigenvalue weighted by atomic mass is 35.5. The average Bonchev–Trinajstić information content (AvgIpc) is 3.14. The number of amides is 1. The van der Waals surface area contributed by atoms with Crippen LogP contribution in [0.5, 0.6) is 0 Å². The second-order valence-electron chi connectivity index (χ2n) is 8.18. The summed E-state index contributed by atoms with van der Waals surface area (Å²) in [5.41, 5.74) is 0.601. The Morgan fingerprint density at radius 2 is 1.85 bits per heavy atom. The predicted octanol–water partition coefficient (Wildman–Crippen LogP) is 6.40. The molecule has 0 spiro atoms. The number of aromatic nitrogens is 2. The molecule has 1 aliphatic rings. The van der Waals surface area contributed by atoms with Crippen LogP contribution in [-0.2, 0) is 0 Å². The first-order chi connectivity index (χ1) is 15.5. The fourth-order valence-corrected chi connectivity index (χ4v) is 4.17. The summed E-state index contributed by atoms with van der Waals surface area (Å²) in [4.78, 5) is 19.6. The fourth-order valence-electron chi connectivity index (χ4n) is 3.98. The zero-order valence-electron chi connectivity index (χ0n) is 17.4. The highest BCUT2D eigenvalue weighted by Gasteiger charge is 2.41. The van der Waals surface area contributed by atoms with Crippen LogP contribution in [0.25, 0.3) is 11.0 Å². The summed E-state index contributed by atoms with van der Waals surface area (Å²) in [6.07, 6.45) is -4.08. The largest absolute Gasteiger partial charge is 0.391 e. The van der Waals surface area contributed by atoms with E-state index in [0.29, 0.717) is 5.56 Å². The second kappa shape index (κ2) is 8.81. The van der Waals surface area contributed by atoms with Crippen molar-refractivity contribution in [2.24, 2.45) is 5.92 Å². The van der Waals surface area contributed by atoms with Gasteiger partial charge in [-0.3, -0.25) is 4.79 Å². The lowest BCUT2D eigenvalue weighted by atomic mass is 9.85. The molecule has 2 aromatic carbocycles. The van der Waals surface area contributed by atoms with Crippen molar-refractivity contribution in [3.8, 4) is 0 Å². The minimum absolute atomic E-state index is 0.00335. The molecule has 0 bridgehead atoms. The fraction of sp³-hybridized carbons (Fsp3) is 0.364. The van der Waals surface area contributed by atoms with Gasteiger partial charge < -0.3 is 15.6 Å². The number of nitrogens with one attached hydrogen (secondary N) is 3. The van der Waals surface area contributed by atoms with Crippen molar-refractivity contribution in [2.75, 3.05) is 5.32 Å². The zero-order chi connectivity index (χ0) is 23.9. The number of aromatic amines is 1. The molecule has 11 heteroatoms. The molecule has 3 N–H and O–H groups in total. The van der Waals surface area contributed by atoms with Gasteiger partial charge in [-0.25, -0.2) is 13.8 Å². The highest BCUT2D eigenvalue weighted by molar-refractivity contribution is 6.33. The van der Waals surface area contributed by atoms with Gasteiger partial charge in [0.05, 0.1) is 33.2 Å². The summed E-state index contributed by atoms with van der Waals surface area (Å²) < 4.78 is 67.4. The van der Waals surface area contributed by atoms with Crippen LogP contribution in [0.3, 0.4) is 0 Å². The normalized spacial score (nSPS) is 19.0. The van der Waals surface area contributed by atoms with E-state index in [4.69, 9.17) is 11.6 Å². The topological polar surface area (TPSA) is 69.8 Å². The maximum absolute atomic E-state index is 14.6. The lowest BCUT2D eigenvalue weighted by Crippen LogP contribution is -2.40. The maximum Gasteiger partial charge on any atom is 0.391 e. The number of nitrogens with zero attached hydrogens (tertiary/aromatic N) is 1. The summed E-state index contributed by atoms with van der Waals surface area (Å²) in [5.74, 6) is -3.39. The molecule has 0 radical (unpaired) electrons. The van der Waals surface area contributed by atoms with Gasteiger partial charge in [-0.15, -0.1) is 0 Å². The molecule has 176 valence electrons. The van der Waals surface area contributed by atoms with Crippen molar-refractivity contribution in [1.82, 2.24) is 15.3 Å². The molecule has 5 nitrogen and oxygen atoms in total. The first kappa shape index (κ1) is 23.3. The molecule has 1 saturated carbocycles. The van der Waals surface area contributed by atoms with Crippen LogP contribution in [0, 0.1) is 24.5 Å². The van der Waals surface area contributed by atoms with E-state index < -0.39 is 35.7 Å². The molecule has 1 fully saturated rings. The van der Waals surface area contributed by atoms with Crippen LogP contribution >= 0.6 is 11.6 Å². The number of fused-ring (bicyclic) bond motifs is 1. The molecule has 33 heavy (non-hydrogen) atoms. The van der Waals surface area contributed by atoms with Crippen molar-refractivity contribution in [2.45, 2.75) is 44.8 Å². The maximum atomic E-state index is 14.6. The van der Waals surface area contributed by atoms with Crippen LogP contribution in [0.4, 0.5) is 33.6 Å². The van der Waals surface area contributed by atoms with Gasteiger partial charge in [0.2, 0.25) is 5.95 Å². The molecule has 1 aromatic heterocycles. The summed E-state index contributed by atoms with van der Waals surface area (Å²) >= 11 is 6.05. The number of aryl methyl sites for hydroxylation is 1. The Balaban J connectivity index is 1.50. The summed E-state index contributed by atoms with van der Waals surface area (Å²) in [6, 6.07) is 4.90. The SMILES string of the molecule is Cc1ccc(Cl)c(Nc2nc3cc(C(=O)NC4CCC(C(F)(F)F)CC4)c(F)cc3[nH]2)c1F. The molecule has 1 amide bonds.